The number of rotatable bonds is 1. The highest BCUT2D eigenvalue weighted by Crippen LogP contribution is 2.37. The smallest absolute Gasteiger partial charge is 0.221 e. The number of nitrogen functional groups attached to an aromatic ring is 1. The summed E-state index contributed by atoms with van der Waals surface area (Å²) in [5.74, 6) is 2.28. The lowest BCUT2D eigenvalue weighted by molar-refractivity contribution is 0.243. The summed E-state index contributed by atoms with van der Waals surface area (Å²) in [6, 6.07) is 2.68. The Kier molecular flexibility index (Phi) is 2.87. The lowest BCUT2D eigenvalue weighted by Crippen LogP contribution is -2.47. The van der Waals surface area contributed by atoms with E-state index in [2.05, 4.69) is 14.9 Å². The molecule has 0 spiro atoms. The summed E-state index contributed by atoms with van der Waals surface area (Å²) in [5.41, 5.74) is 5.68. The van der Waals surface area contributed by atoms with Gasteiger partial charge in [-0.3, -0.25) is 0 Å². The summed E-state index contributed by atoms with van der Waals surface area (Å²) in [6.45, 7) is 1.12. The Morgan fingerprint density at radius 2 is 2.00 bits per heavy atom. The standard InChI is InChI=1S/C13H20N4/c14-13-15-8-7-12(16-13)17-9-3-5-10-4-1-2-6-11(10)17/h7-8,10-11H,1-6,9H2,(H2,14,15,16). The van der Waals surface area contributed by atoms with Gasteiger partial charge in [0, 0.05) is 18.8 Å². The number of nitrogens with zero attached hydrogens (tertiary/aromatic N) is 3. The first-order chi connectivity index (χ1) is 8.34. The minimum atomic E-state index is 0.389. The largest absolute Gasteiger partial charge is 0.368 e. The first-order valence-electron chi connectivity index (χ1n) is 6.70. The van der Waals surface area contributed by atoms with Crippen molar-refractivity contribution in [2.75, 3.05) is 17.2 Å². The molecular formula is C13H20N4. The molecule has 1 aromatic rings. The van der Waals surface area contributed by atoms with Crippen LogP contribution in [0.3, 0.4) is 0 Å². The molecular weight excluding hydrogens is 212 g/mol. The molecule has 2 aliphatic rings. The molecule has 1 saturated heterocycles. The van der Waals surface area contributed by atoms with Gasteiger partial charge >= 0.3 is 0 Å². The van der Waals surface area contributed by atoms with Crippen molar-refractivity contribution in [2.45, 2.75) is 44.6 Å². The van der Waals surface area contributed by atoms with Crippen LogP contribution in [0.2, 0.25) is 0 Å². The van der Waals surface area contributed by atoms with E-state index in [1.807, 2.05) is 6.07 Å². The maximum Gasteiger partial charge on any atom is 0.221 e. The zero-order valence-corrected chi connectivity index (χ0v) is 10.2. The number of nitrogens with two attached hydrogens (primary N) is 1. The fourth-order valence-corrected chi connectivity index (χ4v) is 3.43. The van der Waals surface area contributed by atoms with Gasteiger partial charge in [0.1, 0.15) is 5.82 Å². The second kappa shape index (κ2) is 4.51. The van der Waals surface area contributed by atoms with Gasteiger partial charge in [0.25, 0.3) is 0 Å². The van der Waals surface area contributed by atoms with Gasteiger partial charge < -0.3 is 10.6 Å². The third-order valence-electron chi connectivity index (χ3n) is 4.20. The van der Waals surface area contributed by atoms with Crippen molar-refractivity contribution >= 4 is 11.8 Å². The highest BCUT2D eigenvalue weighted by Gasteiger charge is 2.33. The zero-order valence-electron chi connectivity index (χ0n) is 10.2. The fourth-order valence-electron chi connectivity index (χ4n) is 3.43. The van der Waals surface area contributed by atoms with Crippen LogP contribution in [0.4, 0.5) is 11.8 Å². The summed E-state index contributed by atoms with van der Waals surface area (Å²) >= 11 is 0. The molecule has 4 nitrogen and oxygen atoms in total. The Labute approximate surface area is 102 Å². The van der Waals surface area contributed by atoms with Crippen LogP contribution in [0.1, 0.15) is 38.5 Å². The third-order valence-corrected chi connectivity index (χ3v) is 4.20. The summed E-state index contributed by atoms with van der Waals surface area (Å²) in [7, 11) is 0. The van der Waals surface area contributed by atoms with E-state index in [0.717, 1.165) is 18.3 Å². The van der Waals surface area contributed by atoms with Gasteiger partial charge in [-0.05, 0) is 37.7 Å². The van der Waals surface area contributed by atoms with E-state index >= 15 is 0 Å². The Morgan fingerprint density at radius 1 is 1.18 bits per heavy atom. The SMILES string of the molecule is Nc1nccc(N2CCCC3CCCCC32)n1. The van der Waals surface area contributed by atoms with Crippen LogP contribution in [0, 0.1) is 5.92 Å². The van der Waals surface area contributed by atoms with Crippen LogP contribution in [-0.2, 0) is 0 Å². The summed E-state index contributed by atoms with van der Waals surface area (Å²) in [6.07, 6.45) is 9.91. The van der Waals surface area contributed by atoms with Crippen LogP contribution < -0.4 is 10.6 Å². The summed E-state index contributed by atoms with van der Waals surface area (Å²) < 4.78 is 0. The van der Waals surface area contributed by atoms with Crippen LogP contribution in [0.5, 0.6) is 0 Å². The normalized spacial score (nSPS) is 28.8. The molecule has 0 amide bonds. The molecule has 2 atom stereocenters. The van der Waals surface area contributed by atoms with E-state index in [1.165, 1.54) is 38.5 Å². The molecule has 3 rings (SSSR count). The third kappa shape index (κ3) is 2.08. The predicted molar refractivity (Wildman–Crippen MR) is 68.8 cm³/mol. The first-order valence-corrected chi connectivity index (χ1v) is 6.70. The van der Waals surface area contributed by atoms with Crippen molar-refractivity contribution in [3.8, 4) is 0 Å². The Hall–Kier alpha value is -1.32. The summed E-state index contributed by atoms with van der Waals surface area (Å²) in [4.78, 5) is 10.8. The molecule has 1 aliphatic carbocycles. The molecule has 1 aliphatic heterocycles. The van der Waals surface area contributed by atoms with Crippen molar-refractivity contribution < 1.29 is 0 Å². The molecule has 1 saturated carbocycles. The second-order valence-corrected chi connectivity index (χ2v) is 5.22. The number of fused-ring (bicyclic) bond motifs is 1. The lowest BCUT2D eigenvalue weighted by atomic mass is 9.78. The molecule has 2 fully saturated rings. The van der Waals surface area contributed by atoms with Gasteiger partial charge in [0.2, 0.25) is 5.95 Å². The number of hydrogen-bond acceptors (Lipinski definition) is 4. The maximum atomic E-state index is 5.68. The number of hydrogen-bond donors (Lipinski definition) is 1. The van der Waals surface area contributed by atoms with Crippen LogP contribution in [0.15, 0.2) is 12.3 Å². The fraction of sp³-hybridized carbons (Fsp3) is 0.692. The average molecular weight is 232 g/mol. The molecule has 0 aromatic carbocycles. The number of aromatic nitrogens is 2. The molecule has 2 N–H and O–H groups in total. The van der Waals surface area contributed by atoms with E-state index in [-0.39, 0.29) is 0 Å². The van der Waals surface area contributed by atoms with Crippen LogP contribution in [-0.4, -0.2) is 22.6 Å². The molecule has 0 bridgehead atoms. The van der Waals surface area contributed by atoms with Gasteiger partial charge in [-0.25, -0.2) is 4.98 Å². The Morgan fingerprint density at radius 3 is 2.88 bits per heavy atom. The quantitative estimate of drug-likeness (QED) is 0.806. The Balaban J connectivity index is 1.85. The maximum absolute atomic E-state index is 5.68. The Bertz CT molecular complexity index is 391. The predicted octanol–water partition coefficient (Wildman–Crippen LogP) is 2.22. The van der Waals surface area contributed by atoms with E-state index in [4.69, 9.17) is 5.73 Å². The molecule has 17 heavy (non-hydrogen) atoms. The van der Waals surface area contributed by atoms with Crippen molar-refractivity contribution in [1.82, 2.24) is 9.97 Å². The monoisotopic (exact) mass is 232 g/mol. The lowest BCUT2D eigenvalue weighted by Gasteiger charge is -2.44. The van der Waals surface area contributed by atoms with Gasteiger partial charge in [0.05, 0.1) is 0 Å². The molecule has 92 valence electrons. The second-order valence-electron chi connectivity index (χ2n) is 5.22. The summed E-state index contributed by atoms with van der Waals surface area (Å²) in [5, 5.41) is 0. The van der Waals surface area contributed by atoms with Crippen LogP contribution >= 0.6 is 0 Å². The van der Waals surface area contributed by atoms with E-state index < -0.39 is 0 Å². The molecule has 2 heterocycles. The van der Waals surface area contributed by atoms with E-state index in [0.29, 0.717) is 12.0 Å². The van der Waals surface area contributed by atoms with E-state index in [1.54, 1.807) is 6.20 Å². The van der Waals surface area contributed by atoms with Crippen molar-refractivity contribution in [3.63, 3.8) is 0 Å². The van der Waals surface area contributed by atoms with Crippen LogP contribution in [0.25, 0.3) is 0 Å². The van der Waals surface area contributed by atoms with Gasteiger partial charge in [-0.2, -0.15) is 4.98 Å². The molecule has 4 heteroatoms. The van der Waals surface area contributed by atoms with Crippen molar-refractivity contribution in [1.29, 1.82) is 0 Å². The topological polar surface area (TPSA) is 55.0 Å². The number of piperidine rings is 1. The minimum Gasteiger partial charge on any atom is -0.368 e. The first kappa shape index (κ1) is 10.8. The highest BCUT2D eigenvalue weighted by atomic mass is 15.2. The zero-order chi connectivity index (χ0) is 11.7. The van der Waals surface area contributed by atoms with Gasteiger partial charge in [-0.15, -0.1) is 0 Å². The average Bonchev–Trinajstić information content (AvgIpc) is 2.38. The van der Waals surface area contributed by atoms with E-state index in [9.17, 15) is 0 Å². The highest BCUT2D eigenvalue weighted by molar-refractivity contribution is 5.43. The number of anilines is 2. The molecule has 2 unspecified atom stereocenters. The van der Waals surface area contributed by atoms with Crippen molar-refractivity contribution in [2.24, 2.45) is 5.92 Å². The molecule has 0 radical (unpaired) electrons. The van der Waals surface area contributed by atoms with Gasteiger partial charge in [0.15, 0.2) is 0 Å². The van der Waals surface area contributed by atoms with Gasteiger partial charge in [-0.1, -0.05) is 12.8 Å². The van der Waals surface area contributed by atoms with Crippen molar-refractivity contribution in [3.05, 3.63) is 12.3 Å². The molecule has 1 aromatic heterocycles. The minimum absolute atomic E-state index is 0.389.